The molecule has 1 aliphatic heterocycles. The highest BCUT2D eigenvalue weighted by molar-refractivity contribution is 7.14. The zero-order chi connectivity index (χ0) is 19.3. The molecule has 28 heavy (non-hydrogen) atoms. The molecule has 0 unspecified atom stereocenters. The number of H-pyrrole nitrogens is 1. The number of thiazole rings is 1. The number of hydrogen-bond donors (Lipinski definition) is 3. The molecule has 4 heterocycles. The standard InChI is InChI=1S/C17H19N7O3S/c25-13(19-15-21-16(23-22-15)24-6-2-1-3-7-24)9-11-10-28-17(18-11)20-14(26)12-5-4-8-27-12/h4-5,8,10H,1-3,6-7,9H2,(H,18,20,26)(H2,19,21,22,23,25). The van der Waals surface area contributed by atoms with Crippen LogP contribution < -0.4 is 15.5 Å². The van der Waals surface area contributed by atoms with Crippen LogP contribution >= 0.6 is 11.3 Å². The minimum Gasteiger partial charge on any atom is -0.459 e. The van der Waals surface area contributed by atoms with Crippen molar-refractivity contribution in [2.24, 2.45) is 0 Å². The van der Waals surface area contributed by atoms with Crippen LogP contribution in [0.15, 0.2) is 28.2 Å². The molecule has 0 spiro atoms. The van der Waals surface area contributed by atoms with Crippen molar-refractivity contribution < 1.29 is 14.0 Å². The van der Waals surface area contributed by atoms with Gasteiger partial charge < -0.3 is 9.32 Å². The van der Waals surface area contributed by atoms with Crippen molar-refractivity contribution in [3.05, 3.63) is 35.2 Å². The number of rotatable bonds is 6. The lowest BCUT2D eigenvalue weighted by molar-refractivity contribution is -0.115. The van der Waals surface area contributed by atoms with Crippen molar-refractivity contribution in [3.8, 4) is 0 Å². The molecule has 0 saturated carbocycles. The van der Waals surface area contributed by atoms with Gasteiger partial charge in [-0.15, -0.1) is 16.4 Å². The molecule has 0 radical (unpaired) electrons. The zero-order valence-corrected chi connectivity index (χ0v) is 15.8. The van der Waals surface area contributed by atoms with Crippen LogP contribution in [0.1, 0.15) is 35.5 Å². The van der Waals surface area contributed by atoms with E-state index in [9.17, 15) is 9.59 Å². The fourth-order valence-corrected chi connectivity index (χ4v) is 3.60. The monoisotopic (exact) mass is 401 g/mol. The van der Waals surface area contributed by atoms with Crippen molar-refractivity contribution in [2.45, 2.75) is 25.7 Å². The first-order valence-electron chi connectivity index (χ1n) is 8.94. The Bertz CT molecular complexity index is 944. The van der Waals surface area contributed by atoms with E-state index in [0.29, 0.717) is 22.7 Å². The van der Waals surface area contributed by atoms with E-state index in [0.717, 1.165) is 25.9 Å². The van der Waals surface area contributed by atoms with Gasteiger partial charge in [0.1, 0.15) is 0 Å². The first-order chi connectivity index (χ1) is 13.7. The SMILES string of the molecule is O=C(Cc1csc(NC(=O)c2ccco2)n1)Nc1nc(N2CCCCC2)n[nH]1. The fourth-order valence-electron chi connectivity index (χ4n) is 2.90. The van der Waals surface area contributed by atoms with Crippen LogP contribution in [0.5, 0.6) is 0 Å². The van der Waals surface area contributed by atoms with E-state index < -0.39 is 0 Å². The minimum absolute atomic E-state index is 0.0624. The molecule has 0 aromatic carbocycles. The average molecular weight is 401 g/mol. The molecule has 1 aliphatic rings. The zero-order valence-electron chi connectivity index (χ0n) is 15.0. The largest absolute Gasteiger partial charge is 0.459 e. The fraction of sp³-hybridized carbons (Fsp3) is 0.353. The van der Waals surface area contributed by atoms with Gasteiger partial charge in [0.25, 0.3) is 5.91 Å². The first-order valence-corrected chi connectivity index (χ1v) is 9.82. The van der Waals surface area contributed by atoms with Crippen LogP contribution in [0.25, 0.3) is 0 Å². The highest BCUT2D eigenvalue weighted by Gasteiger charge is 2.17. The Kier molecular flexibility index (Phi) is 5.33. The van der Waals surface area contributed by atoms with Crippen LogP contribution in [0.2, 0.25) is 0 Å². The van der Waals surface area contributed by atoms with E-state index >= 15 is 0 Å². The number of aromatic amines is 1. The lowest BCUT2D eigenvalue weighted by Crippen LogP contribution is -2.30. The third kappa shape index (κ3) is 4.36. The molecule has 0 aliphatic carbocycles. The number of piperidine rings is 1. The van der Waals surface area contributed by atoms with Gasteiger partial charge in [-0.05, 0) is 31.4 Å². The molecule has 3 aromatic rings. The third-order valence-electron chi connectivity index (χ3n) is 4.23. The molecule has 4 rings (SSSR count). The number of anilines is 3. The highest BCUT2D eigenvalue weighted by Crippen LogP contribution is 2.18. The predicted octanol–water partition coefficient (Wildman–Crippen LogP) is 2.28. The van der Waals surface area contributed by atoms with Crippen LogP contribution in [-0.4, -0.2) is 45.1 Å². The Balaban J connectivity index is 1.30. The summed E-state index contributed by atoms with van der Waals surface area (Å²) in [5.74, 6) is 0.459. The maximum atomic E-state index is 12.2. The molecule has 2 amide bonds. The number of carbonyl (C=O) groups excluding carboxylic acids is 2. The van der Waals surface area contributed by atoms with Gasteiger partial charge in [-0.25, -0.2) is 10.1 Å². The van der Waals surface area contributed by atoms with Gasteiger partial charge >= 0.3 is 0 Å². The van der Waals surface area contributed by atoms with Gasteiger partial charge in [0.2, 0.25) is 17.8 Å². The van der Waals surface area contributed by atoms with Crippen molar-refractivity contribution in [2.75, 3.05) is 28.6 Å². The Hall–Kier alpha value is -3.21. The molecule has 0 bridgehead atoms. The lowest BCUT2D eigenvalue weighted by atomic mass is 10.1. The van der Waals surface area contributed by atoms with E-state index in [4.69, 9.17) is 4.42 Å². The minimum atomic E-state index is -0.387. The molecule has 3 N–H and O–H groups in total. The summed E-state index contributed by atoms with van der Waals surface area (Å²) in [6, 6.07) is 3.19. The van der Waals surface area contributed by atoms with E-state index in [2.05, 4.69) is 35.7 Å². The number of carbonyl (C=O) groups is 2. The van der Waals surface area contributed by atoms with Gasteiger partial charge in [-0.3, -0.25) is 20.2 Å². The van der Waals surface area contributed by atoms with Crippen molar-refractivity contribution >= 4 is 40.2 Å². The Morgan fingerprint density at radius 3 is 2.86 bits per heavy atom. The number of nitrogens with zero attached hydrogens (tertiary/aromatic N) is 4. The third-order valence-corrected chi connectivity index (χ3v) is 5.04. The van der Waals surface area contributed by atoms with E-state index in [1.807, 2.05) is 0 Å². The quantitative estimate of drug-likeness (QED) is 0.578. The van der Waals surface area contributed by atoms with Gasteiger partial charge in [-0.1, -0.05) is 0 Å². The topological polar surface area (TPSA) is 129 Å². The summed E-state index contributed by atoms with van der Waals surface area (Å²) in [7, 11) is 0. The molecular formula is C17H19N7O3S. The predicted molar refractivity (Wildman–Crippen MR) is 104 cm³/mol. The summed E-state index contributed by atoms with van der Waals surface area (Å²) < 4.78 is 5.03. The summed E-state index contributed by atoms with van der Waals surface area (Å²) in [6.45, 7) is 1.85. The van der Waals surface area contributed by atoms with Gasteiger partial charge in [0.05, 0.1) is 18.4 Å². The normalized spacial score (nSPS) is 14.1. The molecule has 0 atom stereocenters. The number of aromatic nitrogens is 4. The number of amides is 2. The van der Waals surface area contributed by atoms with Crippen LogP contribution in [-0.2, 0) is 11.2 Å². The van der Waals surface area contributed by atoms with Gasteiger partial charge in [0, 0.05) is 18.5 Å². The number of hydrogen-bond acceptors (Lipinski definition) is 8. The summed E-state index contributed by atoms with van der Waals surface area (Å²) in [5, 5.41) is 14.4. The van der Waals surface area contributed by atoms with Gasteiger partial charge in [0.15, 0.2) is 10.9 Å². The molecule has 11 heteroatoms. The summed E-state index contributed by atoms with van der Waals surface area (Å²) in [5.41, 5.74) is 0.549. The average Bonchev–Trinajstić information content (AvgIpc) is 3.44. The maximum absolute atomic E-state index is 12.2. The summed E-state index contributed by atoms with van der Waals surface area (Å²) in [4.78, 5) is 34.9. The Labute approximate surface area is 164 Å². The van der Waals surface area contributed by atoms with Crippen molar-refractivity contribution in [1.82, 2.24) is 20.2 Å². The highest BCUT2D eigenvalue weighted by atomic mass is 32.1. The molecule has 1 saturated heterocycles. The molecule has 10 nitrogen and oxygen atoms in total. The summed E-state index contributed by atoms with van der Waals surface area (Å²) in [6.07, 6.45) is 4.96. The number of nitrogens with one attached hydrogen (secondary N) is 3. The second-order valence-corrected chi connectivity index (χ2v) is 7.19. The van der Waals surface area contributed by atoms with Crippen LogP contribution in [0, 0.1) is 0 Å². The van der Waals surface area contributed by atoms with Gasteiger partial charge in [-0.2, -0.15) is 4.98 Å². The lowest BCUT2D eigenvalue weighted by Gasteiger charge is -2.24. The van der Waals surface area contributed by atoms with E-state index in [-0.39, 0.29) is 24.0 Å². The molecular weight excluding hydrogens is 382 g/mol. The van der Waals surface area contributed by atoms with Crippen molar-refractivity contribution in [1.29, 1.82) is 0 Å². The van der Waals surface area contributed by atoms with Crippen LogP contribution in [0.3, 0.4) is 0 Å². The van der Waals surface area contributed by atoms with Crippen molar-refractivity contribution in [3.63, 3.8) is 0 Å². The molecule has 1 fully saturated rings. The second-order valence-electron chi connectivity index (χ2n) is 6.33. The van der Waals surface area contributed by atoms with Crippen LogP contribution in [0.4, 0.5) is 17.0 Å². The van der Waals surface area contributed by atoms with E-state index in [1.165, 1.54) is 24.0 Å². The van der Waals surface area contributed by atoms with E-state index in [1.54, 1.807) is 17.5 Å². The molecule has 3 aromatic heterocycles. The molecule has 146 valence electrons. The second kappa shape index (κ2) is 8.21. The maximum Gasteiger partial charge on any atom is 0.293 e. The first kappa shape index (κ1) is 18.2. The number of furan rings is 1. The smallest absolute Gasteiger partial charge is 0.293 e. The Morgan fingerprint density at radius 2 is 2.07 bits per heavy atom. The Morgan fingerprint density at radius 1 is 1.21 bits per heavy atom. The summed E-state index contributed by atoms with van der Waals surface area (Å²) >= 11 is 1.24.